The van der Waals surface area contributed by atoms with Gasteiger partial charge >= 0.3 is 5.97 Å². The maximum absolute atomic E-state index is 11.7. The van der Waals surface area contributed by atoms with E-state index < -0.39 is 15.9 Å². The van der Waals surface area contributed by atoms with Crippen LogP contribution in [0, 0.1) is 5.92 Å². The molecule has 0 spiro atoms. The van der Waals surface area contributed by atoms with Crippen molar-refractivity contribution in [3.05, 3.63) is 24.3 Å². The molecule has 0 unspecified atom stereocenters. The van der Waals surface area contributed by atoms with Crippen LogP contribution < -0.4 is 10.5 Å². The first kappa shape index (κ1) is 16.4. The fraction of sp³-hybridized carbons (Fsp3) is 0.429. The molecule has 1 aromatic rings. The molecule has 1 amide bonds. The van der Waals surface area contributed by atoms with Crippen molar-refractivity contribution >= 4 is 27.6 Å². The summed E-state index contributed by atoms with van der Waals surface area (Å²) in [4.78, 5) is 23.3. The molecule has 0 radical (unpaired) electrons. The summed E-state index contributed by atoms with van der Waals surface area (Å²) in [5.74, 6) is -0.909. The second-order valence-corrected chi connectivity index (χ2v) is 6.77. The fourth-order valence-corrected chi connectivity index (χ4v) is 2.86. The molecule has 1 fully saturated rings. The van der Waals surface area contributed by atoms with Crippen molar-refractivity contribution in [1.82, 2.24) is 0 Å². The molecule has 22 heavy (non-hydrogen) atoms. The number of esters is 1. The van der Waals surface area contributed by atoms with E-state index in [2.05, 4.69) is 5.32 Å². The van der Waals surface area contributed by atoms with Crippen molar-refractivity contribution in [2.45, 2.75) is 30.6 Å². The van der Waals surface area contributed by atoms with Crippen LogP contribution in [-0.4, -0.2) is 26.9 Å². The van der Waals surface area contributed by atoms with Gasteiger partial charge in [-0.05, 0) is 37.1 Å². The summed E-state index contributed by atoms with van der Waals surface area (Å²) in [5.41, 5.74) is 0.398. The highest BCUT2D eigenvalue weighted by atomic mass is 32.2. The highest BCUT2D eigenvalue weighted by molar-refractivity contribution is 7.89. The fourth-order valence-electron chi connectivity index (χ4n) is 2.34. The summed E-state index contributed by atoms with van der Waals surface area (Å²) >= 11 is 0. The molecule has 120 valence electrons. The number of nitrogens with two attached hydrogens (primary N) is 1. The quantitative estimate of drug-likeness (QED) is 0.783. The first-order chi connectivity index (χ1) is 10.4. The normalized spacial score (nSPS) is 15.5. The van der Waals surface area contributed by atoms with Crippen molar-refractivity contribution in [2.24, 2.45) is 11.1 Å². The number of sulfonamides is 1. The molecule has 0 aromatic heterocycles. The SMILES string of the molecule is NS(=O)(=O)c1ccc(NC(=O)COC(=O)C2CCCC2)cc1. The third kappa shape index (κ3) is 4.54. The highest BCUT2D eigenvalue weighted by Gasteiger charge is 2.24. The maximum Gasteiger partial charge on any atom is 0.309 e. The number of ether oxygens (including phenoxy) is 1. The van der Waals surface area contributed by atoms with Crippen LogP contribution in [-0.2, 0) is 24.3 Å². The van der Waals surface area contributed by atoms with Crippen molar-refractivity contribution in [1.29, 1.82) is 0 Å². The Kier molecular flexibility index (Phi) is 5.15. The Morgan fingerprint density at radius 2 is 1.77 bits per heavy atom. The van der Waals surface area contributed by atoms with E-state index in [4.69, 9.17) is 9.88 Å². The van der Waals surface area contributed by atoms with Crippen LogP contribution >= 0.6 is 0 Å². The molecule has 1 aliphatic rings. The zero-order valence-electron chi connectivity index (χ0n) is 11.9. The van der Waals surface area contributed by atoms with Crippen molar-refractivity contribution in [3.8, 4) is 0 Å². The zero-order chi connectivity index (χ0) is 16.2. The van der Waals surface area contributed by atoms with Gasteiger partial charge in [-0.25, -0.2) is 13.6 Å². The van der Waals surface area contributed by atoms with E-state index in [0.29, 0.717) is 5.69 Å². The molecule has 3 N–H and O–H groups in total. The lowest BCUT2D eigenvalue weighted by Gasteiger charge is -2.10. The van der Waals surface area contributed by atoms with Crippen LogP contribution in [0.3, 0.4) is 0 Å². The maximum atomic E-state index is 11.7. The number of hydrogen-bond donors (Lipinski definition) is 2. The molecule has 1 aliphatic carbocycles. The van der Waals surface area contributed by atoms with Crippen molar-refractivity contribution < 1.29 is 22.7 Å². The number of benzene rings is 1. The summed E-state index contributed by atoms with van der Waals surface area (Å²) in [6, 6.07) is 5.40. The third-order valence-electron chi connectivity index (χ3n) is 3.50. The minimum atomic E-state index is -3.76. The summed E-state index contributed by atoms with van der Waals surface area (Å²) < 4.78 is 27.2. The Bertz CT molecular complexity index is 648. The van der Waals surface area contributed by atoms with Crippen LogP contribution in [0.2, 0.25) is 0 Å². The van der Waals surface area contributed by atoms with E-state index in [1.807, 2.05) is 0 Å². The third-order valence-corrected chi connectivity index (χ3v) is 4.43. The lowest BCUT2D eigenvalue weighted by atomic mass is 10.1. The van der Waals surface area contributed by atoms with Crippen LogP contribution in [0.25, 0.3) is 0 Å². The molecule has 1 aromatic carbocycles. The van der Waals surface area contributed by atoms with Gasteiger partial charge in [0.25, 0.3) is 5.91 Å². The molecular formula is C14H18N2O5S. The monoisotopic (exact) mass is 326 g/mol. The predicted molar refractivity (Wildman–Crippen MR) is 79.4 cm³/mol. The molecular weight excluding hydrogens is 308 g/mol. The van der Waals surface area contributed by atoms with Crippen LogP contribution in [0.5, 0.6) is 0 Å². The standard InChI is InChI=1S/C14H18N2O5S/c15-22(19,20)12-7-5-11(6-8-12)16-13(17)9-21-14(18)10-3-1-2-4-10/h5-8,10H,1-4,9H2,(H,16,17)(H2,15,19,20). The zero-order valence-corrected chi connectivity index (χ0v) is 12.8. The average Bonchev–Trinajstić information content (AvgIpc) is 2.98. The average molecular weight is 326 g/mol. The number of nitrogens with one attached hydrogen (secondary N) is 1. The van der Waals surface area contributed by atoms with Gasteiger partial charge < -0.3 is 10.1 Å². The molecule has 8 heteroatoms. The first-order valence-electron chi connectivity index (χ1n) is 6.95. The first-order valence-corrected chi connectivity index (χ1v) is 8.50. The van der Waals surface area contributed by atoms with Crippen LogP contribution in [0.4, 0.5) is 5.69 Å². The number of primary sulfonamides is 1. The van der Waals surface area contributed by atoms with Gasteiger partial charge in [-0.1, -0.05) is 12.8 Å². The minimum absolute atomic E-state index is 0.0434. The highest BCUT2D eigenvalue weighted by Crippen LogP contribution is 2.25. The van der Waals surface area contributed by atoms with E-state index in [-0.39, 0.29) is 23.4 Å². The Hall–Kier alpha value is -1.93. The topological polar surface area (TPSA) is 116 Å². The molecule has 0 saturated heterocycles. The molecule has 7 nitrogen and oxygen atoms in total. The van der Waals surface area contributed by atoms with E-state index >= 15 is 0 Å². The van der Waals surface area contributed by atoms with Gasteiger partial charge in [-0.2, -0.15) is 0 Å². The van der Waals surface area contributed by atoms with Gasteiger partial charge in [0.1, 0.15) is 0 Å². The molecule has 0 atom stereocenters. The molecule has 0 bridgehead atoms. The number of carbonyl (C=O) groups is 2. The van der Waals surface area contributed by atoms with Gasteiger partial charge in [-0.3, -0.25) is 9.59 Å². The van der Waals surface area contributed by atoms with Gasteiger partial charge in [0.2, 0.25) is 10.0 Å². The Balaban J connectivity index is 1.83. The lowest BCUT2D eigenvalue weighted by Crippen LogP contribution is -2.23. The van der Waals surface area contributed by atoms with Gasteiger partial charge in [0.15, 0.2) is 6.61 Å². The summed E-state index contributed by atoms with van der Waals surface area (Å²) in [5, 5.41) is 7.49. The Labute approximate surface area is 128 Å². The van der Waals surface area contributed by atoms with Crippen LogP contribution in [0.15, 0.2) is 29.2 Å². The van der Waals surface area contributed by atoms with E-state index in [1.54, 1.807) is 0 Å². The Morgan fingerprint density at radius 3 is 2.32 bits per heavy atom. The molecule has 0 heterocycles. The largest absolute Gasteiger partial charge is 0.455 e. The van der Waals surface area contributed by atoms with Crippen molar-refractivity contribution in [2.75, 3.05) is 11.9 Å². The molecule has 2 rings (SSSR count). The van der Waals surface area contributed by atoms with Crippen LogP contribution in [0.1, 0.15) is 25.7 Å². The second-order valence-electron chi connectivity index (χ2n) is 5.21. The number of hydrogen-bond acceptors (Lipinski definition) is 5. The van der Waals surface area contributed by atoms with Crippen molar-refractivity contribution in [3.63, 3.8) is 0 Å². The smallest absolute Gasteiger partial charge is 0.309 e. The van der Waals surface area contributed by atoms with Gasteiger partial charge in [0, 0.05) is 5.69 Å². The summed E-state index contributed by atoms with van der Waals surface area (Å²) in [6.07, 6.45) is 3.66. The summed E-state index contributed by atoms with van der Waals surface area (Å²) in [6.45, 7) is -0.355. The molecule has 0 aliphatic heterocycles. The Morgan fingerprint density at radius 1 is 1.18 bits per heavy atom. The number of rotatable bonds is 5. The predicted octanol–water partition coefficient (Wildman–Crippen LogP) is 1.01. The number of carbonyl (C=O) groups excluding carboxylic acids is 2. The van der Waals surface area contributed by atoms with E-state index in [1.165, 1.54) is 24.3 Å². The lowest BCUT2D eigenvalue weighted by molar-refractivity contribution is -0.151. The van der Waals surface area contributed by atoms with Gasteiger partial charge in [0.05, 0.1) is 10.8 Å². The number of amides is 1. The minimum Gasteiger partial charge on any atom is -0.455 e. The molecule has 1 saturated carbocycles. The summed E-state index contributed by atoms with van der Waals surface area (Å²) in [7, 11) is -3.76. The van der Waals surface area contributed by atoms with Gasteiger partial charge in [-0.15, -0.1) is 0 Å². The second kappa shape index (κ2) is 6.89. The number of anilines is 1. The van der Waals surface area contributed by atoms with E-state index in [0.717, 1.165) is 25.7 Å². The van der Waals surface area contributed by atoms with E-state index in [9.17, 15) is 18.0 Å².